The van der Waals surface area contributed by atoms with E-state index in [1.807, 2.05) is 26.0 Å². The second kappa shape index (κ2) is 3.85. The normalized spacial score (nSPS) is 15.3. The fraction of sp³-hybridized carbons (Fsp3) is 0.667. The SMILES string of the molecule is C/C=C\[C@H](C)CF. The van der Waals surface area contributed by atoms with Gasteiger partial charge in [-0.25, -0.2) is 0 Å². The molecule has 0 nitrogen and oxygen atoms in total. The average molecular weight is 102 g/mol. The summed E-state index contributed by atoms with van der Waals surface area (Å²) in [5.74, 6) is 0.102. The van der Waals surface area contributed by atoms with Crippen LogP contribution < -0.4 is 0 Å². The van der Waals surface area contributed by atoms with Gasteiger partial charge in [-0.3, -0.25) is 4.39 Å². The largest absolute Gasteiger partial charge is 0.250 e. The van der Waals surface area contributed by atoms with Crippen molar-refractivity contribution in [3.63, 3.8) is 0 Å². The van der Waals surface area contributed by atoms with Gasteiger partial charge in [-0.05, 0) is 6.92 Å². The summed E-state index contributed by atoms with van der Waals surface area (Å²) < 4.78 is 11.5. The van der Waals surface area contributed by atoms with Crippen molar-refractivity contribution in [2.45, 2.75) is 13.8 Å². The molecule has 0 aromatic carbocycles. The van der Waals surface area contributed by atoms with Crippen molar-refractivity contribution in [1.29, 1.82) is 0 Å². The average Bonchev–Trinajstić information content (AvgIpc) is 1.68. The van der Waals surface area contributed by atoms with Crippen molar-refractivity contribution in [1.82, 2.24) is 0 Å². The summed E-state index contributed by atoms with van der Waals surface area (Å²) in [7, 11) is 0. The van der Waals surface area contributed by atoms with Crippen LogP contribution in [0.4, 0.5) is 4.39 Å². The summed E-state index contributed by atoms with van der Waals surface area (Å²) in [4.78, 5) is 0. The molecule has 0 saturated carbocycles. The number of rotatable bonds is 2. The maximum Gasteiger partial charge on any atom is 0.0954 e. The minimum Gasteiger partial charge on any atom is -0.250 e. The van der Waals surface area contributed by atoms with Gasteiger partial charge in [0.05, 0.1) is 6.67 Å². The Morgan fingerprint density at radius 2 is 2.29 bits per heavy atom. The highest BCUT2D eigenvalue weighted by atomic mass is 19.1. The number of allylic oxidation sites excluding steroid dienone is 2. The molecule has 7 heavy (non-hydrogen) atoms. The Morgan fingerprint density at radius 1 is 1.71 bits per heavy atom. The number of alkyl halides is 1. The lowest BCUT2D eigenvalue weighted by atomic mass is 10.2. The lowest BCUT2D eigenvalue weighted by Crippen LogP contribution is -1.88. The minimum atomic E-state index is -0.246. The van der Waals surface area contributed by atoms with E-state index in [0.29, 0.717) is 0 Å². The minimum absolute atomic E-state index is 0.102. The molecule has 0 radical (unpaired) electrons. The highest BCUT2D eigenvalue weighted by Gasteiger charge is 1.89. The molecule has 42 valence electrons. The molecule has 1 atom stereocenters. The van der Waals surface area contributed by atoms with Crippen molar-refractivity contribution in [2.75, 3.05) is 6.67 Å². The Kier molecular flexibility index (Phi) is 3.67. The summed E-state index contributed by atoms with van der Waals surface area (Å²) in [5.41, 5.74) is 0. The standard InChI is InChI=1S/C6H11F/c1-3-4-6(2)5-7/h3-4,6H,5H2,1-2H3/b4-3-/t6-/m0/s1. The Morgan fingerprint density at radius 3 is 2.43 bits per heavy atom. The summed E-state index contributed by atoms with van der Waals surface area (Å²) >= 11 is 0. The molecule has 0 fully saturated rings. The summed E-state index contributed by atoms with van der Waals surface area (Å²) in [6.07, 6.45) is 3.71. The predicted octanol–water partition coefficient (Wildman–Crippen LogP) is 2.17. The smallest absolute Gasteiger partial charge is 0.0954 e. The lowest BCUT2D eigenvalue weighted by Gasteiger charge is -1.92. The summed E-state index contributed by atoms with van der Waals surface area (Å²) in [6, 6.07) is 0. The lowest BCUT2D eigenvalue weighted by molar-refractivity contribution is 0.430. The van der Waals surface area contributed by atoms with Crippen molar-refractivity contribution >= 4 is 0 Å². The van der Waals surface area contributed by atoms with Crippen LogP contribution in [0.3, 0.4) is 0 Å². The highest BCUT2D eigenvalue weighted by molar-refractivity contribution is 4.81. The van der Waals surface area contributed by atoms with E-state index in [4.69, 9.17) is 0 Å². The van der Waals surface area contributed by atoms with Gasteiger partial charge in [-0.15, -0.1) is 0 Å². The molecule has 0 spiro atoms. The first-order chi connectivity index (χ1) is 3.31. The van der Waals surface area contributed by atoms with E-state index in [0.717, 1.165) is 0 Å². The second-order valence-electron chi connectivity index (χ2n) is 1.66. The molecule has 0 aliphatic rings. The monoisotopic (exact) mass is 102 g/mol. The molecule has 0 bridgehead atoms. The topological polar surface area (TPSA) is 0 Å². The first kappa shape index (κ1) is 6.67. The van der Waals surface area contributed by atoms with Crippen molar-refractivity contribution in [3.05, 3.63) is 12.2 Å². The zero-order valence-electron chi connectivity index (χ0n) is 4.82. The van der Waals surface area contributed by atoms with E-state index in [1.165, 1.54) is 0 Å². The van der Waals surface area contributed by atoms with Gasteiger partial charge in [0.1, 0.15) is 0 Å². The van der Waals surface area contributed by atoms with E-state index >= 15 is 0 Å². The molecular formula is C6H11F. The van der Waals surface area contributed by atoms with Gasteiger partial charge in [-0.1, -0.05) is 19.1 Å². The maximum absolute atomic E-state index is 11.5. The number of hydrogen-bond donors (Lipinski definition) is 0. The Bertz CT molecular complexity index is 57.2. The summed E-state index contributed by atoms with van der Waals surface area (Å²) in [5, 5.41) is 0. The molecule has 0 aliphatic carbocycles. The van der Waals surface area contributed by atoms with Gasteiger partial charge >= 0.3 is 0 Å². The van der Waals surface area contributed by atoms with Gasteiger partial charge in [0, 0.05) is 5.92 Å². The third-order valence-corrected chi connectivity index (χ3v) is 0.764. The quantitative estimate of drug-likeness (QED) is 0.469. The van der Waals surface area contributed by atoms with Gasteiger partial charge in [0.15, 0.2) is 0 Å². The third kappa shape index (κ3) is 3.50. The van der Waals surface area contributed by atoms with Gasteiger partial charge in [-0.2, -0.15) is 0 Å². The van der Waals surface area contributed by atoms with Crippen LogP contribution in [0.15, 0.2) is 12.2 Å². The van der Waals surface area contributed by atoms with E-state index in [-0.39, 0.29) is 12.6 Å². The van der Waals surface area contributed by atoms with Crippen LogP contribution >= 0.6 is 0 Å². The van der Waals surface area contributed by atoms with Crippen LogP contribution in [0, 0.1) is 5.92 Å². The number of halogens is 1. The molecule has 0 N–H and O–H groups in total. The van der Waals surface area contributed by atoms with E-state index in [2.05, 4.69) is 0 Å². The molecule has 0 aromatic rings. The Labute approximate surface area is 44.0 Å². The van der Waals surface area contributed by atoms with E-state index < -0.39 is 0 Å². The second-order valence-corrected chi connectivity index (χ2v) is 1.66. The van der Waals surface area contributed by atoms with Crippen LogP contribution in [0.25, 0.3) is 0 Å². The van der Waals surface area contributed by atoms with Crippen molar-refractivity contribution < 1.29 is 4.39 Å². The van der Waals surface area contributed by atoms with Crippen LogP contribution in [0.2, 0.25) is 0 Å². The van der Waals surface area contributed by atoms with Crippen LogP contribution in [-0.2, 0) is 0 Å². The van der Waals surface area contributed by atoms with Gasteiger partial charge in [0.2, 0.25) is 0 Å². The first-order valence-corrected chi connectivity index (χ1v) is 2.50. The number of hydrogen-bond acceptors (Lipinski definition) is 0. The molecule has 0 aliphatic heterocycles. The fourth-order valence-corrected chi connectivity index (χ4v) is 0.380. The maximum atomic E-state index is 11.5. The predicted molar refractivity (Wildman–Crippen MR) is 30.0 cm³/mol. The molecule has 0 rings (SSSR count). The van der Waals surface area contributed by atoms with Crippen LogP contribution in [0.5, 0.6) is 0 Å². The first-order valence-electron chi connectivity index (χ1n) is 2.50. The van der Waals surface area contributed by atoms with Crippen molar-refractivity contribution in [3.8, 4) is 0 Å². The molecule has 0 unspecified atom stereocenters. The molecular weight excluding hydrogens is 91.1 g/mol. The van der Waals surface area contributed by atoms with Gasteiger partial charge < -0.3 is 0 Å². The molecule has 0 saturated heterocycles. The van der Waals surface area contributed by atoms with Crippen molar-refractivity contribution in [2.24, 2.45) is 5.92 Å². The zero-order valence-corrected chi connectivity index (χ0v) is 4.82. The molecule has 0 amide bonds. The molecule has 0 heterocycles. The Balaban J connectivity index is 3.16. The molecule has 1 heteroatoms. The van der Waals surface area contributed by atoms with E-state index in [9.17, 15) is 4.39 Å². The van der Waals surface area contributed by atoms with Gasteiger partial charge in [0.25, 0.3) is 0 Å². The highest BCUT2D eigenvalue weighted by Crippen LogP contribution is 1.95. The zero-order chi connectivity index (χ0) is 5.70. The van der Waals surface area contributed by atoms with Crippen LogP contribution in [0.1, 0.15) is 13.8 Å². The third-order valence-electron chi connectivity index (χ3n) is 0.764. The molecule has 0 aromatic heterocycles. The van der Waals surface area contributed by atoms with Crippen LogP contribution in [-0.4, -0.2) is 6.67 Å². The summed E-state index contributed by atoms with van der Waals surface area (Å²) in [6.45, 7) is 3.50. The Hall–Kier alpha value is -0.330. The fourth-order valence-electron chi connectivity index (χ4n) is 0.380. The van der Waals surface area contributed by atoms with E-state index in [1.54, 1.807) is 0 Å².